The Morgan fingerprint density at radius 3 is 1.69 bits per heavy atom. The summed E-state index contributed by atoms with van der Waals surface area (Å²) in [4.78, 5) is 25.7. The number of hydrogen-bond donors (Lipinski definition) is 0. The highest BCUT2D eigenvalue weighted by molar-refractivity contribution is 6.91. The van der Waals surface area contributed by atoms with Gasteiger partial charge in [-0.25, -0.2) is 0 Å². The molecule has 0 heterocycles. The molecule has 0 N–H and O–H groups in total. The van der Waals surface area contributed by atoms with Crippen LogP contribution in [0, 0.1) is 5.41 Å². The summed E-state index contributed by atoms with van der Waals surface area (Å²) in [6.07, 6.45) is 0. The molecular formula is C21H26O4Si. The van der Waals surface area contributed by atoms with E-state index in [1.165, 1.54) is 14.2 Å². The van der Waals surface area contributed by atoms with E-state index in [0.29, 0.717) is 0 Å². The monoisotopic (exact) mass is 370 g/mol. The van der Waals surface area contributed by atoms with Crippen LogP contribution in [0.2, 0.25) is 13.1 Å². The number of rotatable bonds is 6. The first kappa shape index (κ1) is 19.9. The molecule has 2 aromatic rings. The maximum Gasteiger partial charge on any atom is 0.323 e. The van der Waals surface area contributed by atoms with Crippen LogP contribution in [0.25, 0.3) is 0 Å². The topological polar surface area (TPSA) is 52.6 Å². The smallest absolute Gasteiger partial charge is 0.323 e. The predicted octanol–water partition coefficient (Wildman–Crippen LogP) is 3.28. The van der Waals surface area contributed by atoms with Gasteiger partial charge in [-0.05, 0) is 12.5 Å². The van der Waals surface area contributed by atoms with Gasteiger partial charge in [-0.3, -0.25) is 9.59 Å². The largest absolute Gasteiger partial charge is 0.468 e. The molecule has 0 spiro atoms. The first-order valence-electron chi connectivity index (χ1n) is 8.57. The zero-order chi connectivity index (χ0) is 19.4. The fourth-order valence-electron chi connectivity index (χ4n) is 3.89. The molecule has 0 fully saturated rings. The van der Waals surface area contributed by atoms with E-state index in [2.05, 4.69) is 25.2 Å². The molecule has 26 heavy (non-hydrogen) atoms. The summed E-state index contributed by atoms with van der Waals surface area (Å²) in [6, 6.07) is 19.8. The number of ether oxygens (including phenoxy) is 2. The summed E-state index contributed by atoms with van der Waals surface area (Å²) < 4.78 is 10.1. The average molecular weight is 371 g/mol. The molecule has 0 aliphatic heterocycles. The molecule has 0 aromatic heterocycles. The molecule has 0 saturated carbocycles. The van der Waals surface area contributed by atoms with Crippen LogP contribution in [0.1, 0.15) is 18.0 Å². The van der Waals surface area contributed by atoms with Crippen LogP contribution < -0.4 is 5.19 Å². The van der Waals surface area contributed by atoms with Crippen molar-refractivity contribution in [3.8, 4) is 0 Å². The maximum absolute atomic E-state index is 12.8. The second kappa shape index (κ2) is 7.87. The van der Waals surface area contributed by atoms with Crippen molar-refractivity contribution in [1.29, 1.82) is 0 Å². The number of benzene rings is 2. The van der Waals surface area contributed by atoms with Crippen LogP contribution in [0.3, 0.4) is 0 Å². The molecule has 0 aliphatic carbocycles. The lowest BCUT2D eigenvalue weighted by Gasteiger charge is -2.42. The molecule has 0 amide bonds. The molecule has 5 heteroatoms. The quantitative estimate of drug-likeness (QED) is 0.445. The van der Waals surface area contributed by atoms with E-state index in [4.69, 9.17) is 9.47 Å². The normalized spacial score (nSPS) is 13.0. The van der Waals surface area contributed by atoms with Crippen molar-refractivity contribution in [2.24, 2.45) is 5.41 Å². The molecule has 2 aromatic carbocycles. The summed E-state index contributed by atoms with van der Waals surface area (Å²) >= 11 is 0. The first-order valence-corrected chi connectivity index (χ1v) is 11.6. The average Bonchev–Trinajstić information content (AvgIpc) is 2.67. The minimum Gasteiger partial charge on any atom is -0.468 e. The van der Waals surface area contributed by atoms with E-state index in [1.54, 1.807) is 6.92 Å². The van der Waals surface area contributed by atoms with Gasteiger partial charge in [0.05, 0.1) is 22.3 Å². The fraction of sp³-hybridized carbons (Fsp3) is 0.333. The van der Waals surface area contributed by atoms with Crippen LogP contribution >= 0.6 is 0 Å². The van der Waals surface area contributed by atoms with Crippen LogP contribution in [-0.4, -0.2) is 34.2 Å². The summed E-state index contributed by atoms with van der Waals surface area (Å²) in [5.74, 6) is -1.15. The number of hydrogen-bond acceptors (Lipinski definition) is 4. The Kier molecular flexibility index (Phi) is 6.03. The third-order valence-corrected chi connectivity index (χ3v) is 9.34. The third kappa shape index (κ3) is 3.44. The van der Waals surface area contributed by atoms with Crippen LogP contribution in [0.15, 0.2) is 60.7 Å². The van der Waals surface area contributed by atoms with Gasteiger partial charge in [0.25, 0.3) is 0 Å². The molecule has 0 bridgehead atoms. The van der Waals surface area contributed by atoms with Gasteiger partial charge in [0.1, 0.15) is 0 Å². The van der Waals surface area contributed by atoms with Gasteiger partial charge in [0.2, 0.25) is 0 Å². The molecule has 4 nitrogen and oxygen atoms in total. The van der Waals surface area contributed by atoms with Crippen molar-refractivity contribution in [1.82, 2.24) is 0 Å². The van der Waals surface area contributed by atoms with E-state index in [9.17, 15) is 9.59 Å². The van der Waals surface area contributed by atoms with E-state index < -0.39 is 25.4 Å². The highest BCUT2D eigenvalue weighted by Gasteiger charge is 2.57. The van der Waals surface area contributed by atoms with E-state index in [0.717, 1.165) is 10.8 Å². The summed E-state index contributed by atoms with van der Waals surface area (Å²) in [5, 5.41) is 1.16. The minimum absolute atomic E-state index is 0.349. The molecule has 0 saturated heterocycles. The van der Waals surface area contributed by atoms with Crippen molar-refractivity contribution in [2.75, 3.05) is 14.2 Å². The van der Waals surface area contributed by atoms with Crippen molar-refractivity contribution >= 4 is 25.2 Å². The second-order valence-corrected chi connectivity index (χ2v) is 11.7. The van der Waals surface area contributed by atoms with Crippen LogP contribution in [0.5, 0.6) is 0 Å². The molecule has 0 aliphatic rings. The van der Waals surface area contributed by atoms with E-state index in [-0.39, 0.29) is 5.54 Å². The van der Waals surface area contributed by atoms with Crippen LogP contribution in [-0.2, 0) is 19.1 Å². The van der Waals surface area contributed by atoms with Gasteiger partial charge in [0, 0.05) is 5.54 Å². The zero-order valence-corrected chi connectivity index (χ0v) is 17.0. The molecule has 0 radical (unpaired) electrons. The summed E-state index contributed by atoms with van der Waals surface area (Å²) in [5.41, 5.74) is -0.846. The Hall–Kier alpha value is -2.40. The maximum atomic E-state index is 12.8. The summed E-state index contributed by atoms with van der Waals surface area (Å²) in [7, 11) is 0.272. The molecule has 1 atom stereocenters. The van der Waals surface area contributed by atoms with E-state index in [1.807, 2.05) is 48.5 Å². The number of esters is 2. The van der Waals surface area contributed by atoms with Gasteiger partial charge in [-0.2, -0.15) is 0 Å². The lowest BCUT2D eigenvalue weighted by atomic mass is 9.82. The van der Waals surface area contributed by atoms with E-state index >= 15 is 0 Å². The zero-order valence-electron chi connectivity index (χ0n) is 16.0. The van der Waals surface area contributed by atoms with Gasteiger partial charge in [-0.1, -0.05) is 78.9 Å². The SMILES string of the molecule is COC(=O)C(C)(C(=O)OC)C(c1ccccc1)[Si](C)(C)c1ccccc1. The Balaban J connectivity index is 2.76. The second-order valence-electron chi connectivity index (χ2n) is 7.12. The Labute approximate surface area is 156 Å². The minimum atomic E-state index is -2.34. The third-order valence-electron chi connectivity index (χ3n) is 5.17. The number of carbonyl (C=O) groups excluding carboxylic acids is 2. The lowest BCUT2D eigenvalue weighted by Crippen LogP contribution is -2.58. The molecule has 138 valence electrons. The predicted molar refractivity (Wildman–Crippen MR) is 105 cm³/mol. The molecule has 2 rings (SSSR count). The summed E-state index contributed by atoms with van der Waals surface area (Å²) in [6.45, 7) is 5.98. The highest BCUT2D eigenvalue weighted by Crippen LogP contribution is 2.44. The van der Waals surface area contributed by atoms with Crippen molar-refractivity contribution in [2.45, 2.75) is 25.6 Å². The van der Waals surface area contributed by atoms with Gasteiger partial charge in [-0.15, -0.1) is 0 Å². The van der Waals surface area contributed by atoms with Crippen LogP contribution in [0.4, 0.5) is 0 Å². The molecular weight excluding hydrogens is 344 g/mol. The fourth-order valence-corrected chi connectivity index (χ4v) is 7.98. The standard InChI is InChI=1S/C21H26O4Si/c1-21(19(22)24-2,20(23)25-3)18(16-12-8-6-9-13-16)26(4,5)17-14-10-7-11-15-17/h6-15,18H,1-5H3. The number of carbonyl (C=O) groups is 2. The van der Waals surface area contributed by atoms with Gasteiger partial charge >= 0.3 is 11.9 Å². The highest BCUT2D eigenvalue weighted by atomic mass is 28.3. The molecule has 1 unspecified atom stereocenters. The number of methoxy groups -OCH3 is 2. The Morgan fingerprint density at radius 1 is 0.846 bits per heavy atom. The van der Waals surface area contributed by atoms with Crippen molar-refractivity contribution in [3.63, 3.8) is 0 Å². The Morgan fingerprint density at radius 2 is 1.27 bits per heavy atom. The lowest BCUT2D eigenvalue weighted by molar-refractivity contribution is -0.168. The van der Waals surface area contributed by atoms with Gasteiger partial charge in [0.15, 0.2) is 5.41 Å². The Bertz CT molecular complexity index is 740. The van der Waals surface area contributed by atoms with Gasteiger partial charge < -0.3 is 9.47 Å². The first-order chi connectivity index (χ1) is 12.3. The van der Waals surface area contributed by atoms with Crippen molar-refractivity contribution < 1.29 is 19.1 Å². The van der Waals surface area contributed by atoms with Crippen molar-refractivity contribution in [3.05, 3.63) is 66.2 Å².